The Hall–Kier alpha value is -2.30. The van der Waals surface area contributed by atoms with E-state index in [2.05, 4.69) is 4.98 Å². The fourth-order valence-corrected chi connectivity index (χ4v) is 1.72. The van der Waals surface area contributed by atoms with E-state index >= 15 is 0 Å². The van der Waals surface area contributed by atoms with Crippen molar-refractivity contribution in [2.24, 2.45) is 7.05 Å². The molecular formula is C14H16N2O3. The molecule has 0 aliphatic rings. The fraction of sp³-hybridized carbons (Fsp3) is 0.286. The second-order valence-electron chi connectivity index (χ2n) is 4.01. The molecule has 19 heavy (non-hydrogen) atoms. The highest BCUT2D eigenvalue weighted by Crippen LogP contribution is 2.31. The number of aryl methyl sites for hydroxylation is 1. The van der Waals surface area contributed by atoms with E-state index in [9.17, 15) is 4.79 Å². The van der Waals surface area contributed by atoms with Gasteiger partial charge in [0, 0.05) is 7.05 Å². The van der Waals surface area contributed by atoms with Crippen LogP contribution in [-0.4, -0.2) is 22.4 Å². The smallest absolute Gasteiger partial charge is 0.172 e. The van der Waals surface area contributed by atoms with Gasteiger partial charge < -0.3 is 14.0 Å². The van der Waals surface area contributed by atoms with Crippen LogP contribution in [0.1, 0.15) is 23.0 Å². The molecular weight excluding hydrogens is 244 g/mol. The van der Waals surface area contributed by atoms with Gasteiger partial charge in [-0.15, -0.1) is 0 Å². The second-order valence-corrected chi connectivity index (χ2v) is 4.01. The molecule has 2 aromatic rings. The Morgan fingerprint density at radius 1 is 1.37 bits per heavy atom. The SMILES string of the molecule is CCOc1cccc(C=O)c1OCc1cncn1C. The van der Waals surface area contributed by atoms with E-state index in [1.54, 1.807) is 30.7 Å². The predicted molar refractivity (Wildman–Crippen MR) is 70.5 cm³/mol. The predicted octanol–water partition coefficient (Wildman–Crippen LogP) is 2.21. The minimum atomic E-state index is 0.335. The van der Waals surface area contributed by atoms with E-state index in [-0.39, 0.29) is 0 Å². The van der Waals surface area contributed by atoms with Crippen molar-refractivity contribution in [1.82, 2.24) is 9.55 Å². The lowest BCUT2D eigenvalue weighted by Crippen LogP contribution is -2.05. The van der Waals surface area contributed by atoms with Gasteiger partial charge in [0.15, 0.2) is 17.8 Å². The largest absolute Gasteiger partial charge is 0.490 e. The van der Waals surface area contributed by atoms with Crippen LogP contribution in [0.2, 0.25) is 0 Å². The number of aromatic nitrogens is 2. The molecule has 0 saturated heterocycles. The summed E-state index contributed by atoms with van der Waals surface area (Å²) in [5.41, 5.74) is 1.40. The minimum absolute atomic E-state index is 0.335. The lowest BCUT2D eigenvalue weighted by molar-refractivity contribution is 0.111. The molecule has 0 unspecified atom stereocenters. The first-order valence-electron chi connectivity index (χ1n) is 6.05. The van der Waals surface area contributed by atoms with E-state index in [1.807, 2.05) is 18.5 Å². The molecule has 0 aliphatic carbocycles. The Bertz CT molecular complexity index is 564. The molecule has 5 nitrogen and oxygen atoms in total. The summed E-state index contributed by atoms with van der Waals surface area (Å²) in [4.78, 5) is 15.1. The molecule has 0 fully saturated rings. The molecule has 0 saturated carbocycles. The number of ether oxygens (including phenoxy) is 2. The summed E-state index contributed by atoms with van der Waals surface area (Å²) in [5, 5.41) is 0. The zero-order chi connectivity index (χ0) is 13.7. The van der Waals surface area contributed by atoms with Crippen LogP contribution in [0, 0.1) is 0 Å². The highest BCUT2D eigenvalue weighted by atomic mass is 16.5. The Balaban J connectivity index is 2.22. The number of para-hydroxylation sites is 1. The van der Waals surface area contributed by atoms with Crippen molar-refractivity contribution in [1.29, 1.82) is 0 Å². The van der Waals surface area contributed by atoms with E-state index in [1.165, 1.54) is 0 Å². The van der Waals surface area contributed by atoms with Crippen molar-refractivity contribution in [2.45, 2.75) is 13.5 Å². The molecule has 1 aromatic heterocycles. The zero-order valence-electron chi connectivity index (χ0n) is 11.0. The van der Waals surface area contributed by atoms with Crippen LogP contribution in [0.25, 0.3) is 0 Å². The van der Waals surface area contributed by atoms with Gasteiger partial charge in [-0.3, -0.25) is 4.79 Å². The van der Waals surface area contributed by atoms with Gasteiger partial charge in [-0.2, -0.15) is 0 Å². The maximum Gasteiger partial charge on any atom is 0.172 e. The topological polar surface area (TPSA) is 53.4 Å². The van der Waals surface area contributed by atoms with E-state index in [0.717, 1.165) is 12.0 Å². The van der Waals surface area contributed by atoms with Crippen LogP contribution in [0.4, 0.5) is 0 Å². The molecule has 1 heterocycles. The number of hydrogen-bond donors (Lipinski definition) is 0. The number of carbonyl (C=O) groups excluding carboxylic acids is 1. The first-order valence-corrected chi connectivity index (χ1v) is 6.05. The maximum atomic E-state index is 11.1. The third-order valence-corrected chi connectivity index (χ3v) is 2.72. The first-order chi connectivity index (χ1) is 9.26. The van der Waals surface area contributed by atoms with Crippen molar-refractivity contribution < 1.29 is 14.3 Å². The average Bonchev–Trinajstić information content (AvgIpc) is 2.83. The highest BCUT2D eigenvalue weighted by Gasteiger charge is 2.11. The van der Waals surface area contributed by atoms with E-state index in [0.29, 0.717) is 30.3 Å². The number of benzene rings is 1. The number of imidazole rings is 1. The molecule has 0 spiro atoms. The third-order valence-electron chi connectivity index (χ3n) is 2.72. The van der Waals surface area contributed by atoms with Crippen molar-refractivity contribution in [2.75, 3.05) is 6.61 Å². The Kier molecular flexibility index (Phi) is 4.18. The van der Waals surface area contributed by atoms with Gasteiger partial charge in [0.2, 0.25) is 0 Å². The lowest BCUT2D eigenvalue weighted by Gasteiger charge is -2.13. The molecule has 0 bridgehead atoms. The second kappa shape index (κ2) is 6.04. The maximum absolute atomic E-state index is 11.1. The van der Waals surface area contributed by atoms with Gasteiger partial charge in [-0.1, -0.05) is 6.07 Å². The Labute approximate surface area is 111 Å². The summed E-state index contributed by atoms with van der Waals surface area (Å²) in [6.45, 7) is 2.74. The summed E-state index contributed by atoms with van der Waals surface area (Å²) in [7, 11) is 1.89. The first kappa shape index (κ1) is 13.1. The summed E-state index contributed by atoms with van der Waals surface area (Å²) in [5.74, 6) is 1.05. The van der Waals surface area contributed by atoms with Crippen LogP contribution in [0.3, 0.4) is 0 Å². The van der Waals surface area contributed by atoms with Gasteiger partial charge >= 0.3 is 0 Å². The number of carbonyl (C=O) groups is 1. The van der Waals surface area contributed by atoms with Gasteiger partial charge in [-0.25, -0.2) is 4.98 Å². The molecule has 100 valence electrons. The Morgan fingerprint density at radius 2 is 2.21 bits per heavy atom. The molecule has 0 radical (unpaired) electrons. The van der Waals surface area contributed by atoms with Crippen molar-refractivity contribution in [3.8, 4) is 11.5 Å². The highest BCUT2D eigenvalue weighted by molar-refractivity contribution is 5.81. The standard InChI is InChI=1S/C14H16N2O3/c1-3-18-13-6-4-5-11(8-17)14(13)19-9-12-7-15-10-16(12)2/h4-8,10H,3,9H2,1-2H3. The quantitative estimate of drug-likeness (QED) is 0.747. The van der Waals surface area contributed by atoms with Crippen LogP contribution < -0.4 is 9.47 Å². The average molecular weight is 260 g/mol. The summed E-state index contributed by atoms with van der Waals surface area (Å²) < 4.78 is 13.1. The zero-order valence-corrected chi connectivity index (χ0v) is 11.0. The monoisotopic (exact) mass is 260 g/mol. The van der Waals surface area contributed by atoms with Gasteiger partial charge in [0.25, 0.3) is 0 Å². The van der Waals surface area contributed by atoms with Crippen LogP contribution in [0.15, 0.2) is 30.7 Å². The summed E-state index contributed by atoms with van der Waals surface area (Å²) >= 11 is 0. The molecule has 5 heteroatoms. The molecule has 0 aliphatic heterocycles. The van der Waals surface area contributed by atoms with Gasteiger partial charge in [0.05, 0.1) is 30.4 Å². The van der Waals surface area contributed by atoms with Gasteiger partial charge in [-0.05, 0) is 19.1 Å². The van der Waals surface area contributed by atoms with Crippen molar-refractivity contribution in [3.05, 3.63) is 42.0 Å². The molecule has 0 atom stereocenters. The molecule has 0 N–H and O–H groups in total. The Morgan fingerprint density at radius 3 is 2.84 bits per heavy atom. The molecule has 2 rings (SSSR count). The fourth-order valence-electron chi connectivity index (χ4n) is 1.72. The number of aldehydes is 1. The normalized spacial score (nSPS) is 10.2. The number of rotatable bonds is 6. The number of nitrogens with zero attached hydrogens (tertiary/aromatic N) is 2. The van der Waals surface area contributed by atoms with Crippen LogP contribution in [-0.2, 0) is 13.7 Å². The van der Waals surface area contributed by atoms with Crippen LogP contribution in [0.5, 0.6) is 11.5 Å². The van der Waals surface area contributed by atoms with Gasteiger partial charge in [0.1, 0.15) is 6.61 Å². The number of hydrogen-bond acceptors (Lipinski definition) is 4. The summed E-state index contributed by atoms with van der Waals surface area (Å²) in [6, 6.07) is 5.26. The molecule has 0 amide bonds. The van der Waals surface area contributed by atoms with E-state index in [4.69, 9.17) is 9.47 Å². The lowest BCUT2D eigenvalue weighted by atomic mass is 10.2. The van der Waals surface area contributed by atoms with Crippen molar-refractivity contribution in [3.63, 3.8) is 0 Å². The molecule has 1 aromatic carbocycles. The summed E-state index contributed by atoms with van der Waals surface area (Å²) in [6.07, 6.45) is 4.19. The van der Waals surface area contributed by atoms with E-state index < -0.39 is 0 Å². The van der Waals surface area contributed by atoms with Crippen LogP contribution >= 0.6 is 0 Å². The third kappa shape index (κ3) is 2.93. The minimum Gasteiger partial charge on any atom is -0.490 e. The van der Waals surface area contributed by atoms with Crippen molar-refractivity contribution >= 4 is 6.29 Å².